The number of likely N-dealkylation sites (tertiary alicyclic amines) is 1. The highest BCUT2D eigenvalue weighted by Gasteiger charge is 2.29. The Bertz CT molecular complexity index is 545. The summed E-state index contributed by atoms with van der Waals surface area (Å²) in [7, 11) is 2.07. The lowest BCUT2D eigenvalue weighted by Gasteiger charge is -2.32. The zero-order valence-electron chi connectivity index (χ0n) is 13.4. The van der Waals surface area contributed by atoms with Crippen LogP contribution >= 0.6 is 11.3 Å². The van der Waals surface area contributed by atoms with Gasteiger partial charge in [0.1, 0.15) is 0 Å². The lowest BCUT2D eigenvalue weighted by atomic mass is 9.97. The summed E-state index contributed by atoms with van der Waals surface area (Å²) in [5.74, 6) is 0.180. The third kappa shape index (κ3) is 3.34. The van der Waals surface area contributed by atoms with Crippen molar-refractivity contribution in [1.82, 2.24) is 14.8 Å². The average molecular weight is 323 g/mol. The van der Waals surface area contributed by atoms with E-state index in [1.54, 1.807) is 16.2 Å². The van der Waals surface area contributed by atoms with Gasteiger partial charge in [0.05, 0.1) is 16.8 Å². The molecule has 0 aromatic carbocycles. The first-order valence-electron chi connectivity index (χ1n) is 8.17. The Morgan fingerprint density at radius 3 is 3.00 bits per heavy atom. The van der Waals surface area contributed by atoms with Crippen molar-refractivity contribution in [3.05, 3.63) is 15.6 Å². The van der Waals surface area contributed by atoms with Crippen molar-refractivity contribution in [3.63, 3.8) is 0 Å². The van der Waals surface area contributed by atoms with Crippen molar-refractivity contribution < 1.29 is 9.90 Å². The summed E-state index contributed by atoms with van der Waals surface area (Å²) in [6.45, 7) is 3.92. The molecule has 1 N–H and O–H groups in total. The fourth-order valence-electron chi connectivity index (χ4n) is 3.61. The third-order valence-corrected chi connectivity index (χ3v) is 5.78. The fourth-order valence-corrected chi connectivity index (χ4v) is 4.78. The van der Waals surface area contributed by atoms with E-state index in [0.29, 0.717) is 25.6 Å². The van der Waals surface area contributed by atoms with Gasteiger partial charge in [-0.15, -0.1) is 11.3 Å². The lowest BCUT2D eigenvalue weighted by molar-refractivity contribution is -0.129. The summed E-state index contributed by atoms with van der Waals surface area (Å²) < 4.78 is 0. The van der Waals surface area contributed by atoms with E-state index in [4.69, 9.17) is 0 Å². The van der Waals surface area contributed by atoms with Gasteiger partial charge >= 0.3 is 0 Å². The molecule has 122 valence electrons. The van der Waals surface area contributed by atoms with E-state index in [-0.39, 0.29) is 5.91 Å². The van der Waals surface area contributed by atoms with Crippen molar-refractivity contribution in [2.45, 2.75) is 51.2 Å². The molecule has 1 aliphatic carbocycles. The number of hydrogen-bond acceptors (Lipinski definition) is 5. The molecule has 22 heavy (non-hydrogen) atoms. The molecule has 0 spiro atoms. The molecule has 2 heterocycles. The van der Waals surface area contributed by atoms with Crippen LogP contribution in [0.15, 0.2) is 0 Å². The number of aliphatic hydroxyl groups excluding tert-OH is 1. The summed E-state index contributed by atoms with van der Waals surface area (Å²) in [5, 5.41) is 11.5. The quantitative estimate of drug-likeness (QED) is 0.897. The SMILES string of the molecule is Cc1nc2c(s1)C(N(C)CC(O)CN1CCCC1=O)CCC2. The average Bonchev–Trinajstić information content (AvgIpc) is 3.03. The zero-order chi connectivity index (χ0) is 15.7. The standard InChI is InChI=1S/C16H25N3O2S/c1-11-17-13-5-3-6-14(16(13)22-11)18(2)9-12(20)10-19-8-4-7-15(19)21/h12,14,20H,3-10H2,1-2H3. The molecule has 5 nitrogen and oxygen atoms in total. The molecule has 2 aliphatic rings. The maximum atomic E-state index is 11.7. The van der Waals surface area contributed by atoms with Gasteiger partial charge in [-0.1, -0.05) is 0 Å². The van der Waals surface area contributed by atoms with Crippen molar-refractivity contribution in [1.29, 1.82) is 0 Å². The Balaban J connectivity index is 1.60. The maximum Gasteiger partial charge on any atom is 0.222 e. The number of β-amino-alcohol motifs (C(OH)–C–C–N with tert-alkyl or cyclic N) is 1. The normalized spacial score (nSPS) is 23.2. The minimum absolute atomic E-state index is 0.180. The highest BCUT2D eigenvalue weighted by atomic mass is 32.1. The van der Waals surface area contributed by atoms with E-state index < -0.39 is 6.10 Å². The van der Waals surface area contributed by atoms with Crippen LogP contribution in [0.4, 0.5) is 0 Å². The molecular weight excluding hydrogens is 298 g/mol. The number of thiazole rings is 1. The lowest BCUT2D eigenvalue weighted by Crippen LogP contribution is -2.41. The maximum absolute atomic E-state index is 11.7. The number of likely N-dealkylation sites (N-methyl/N-ethyl adjacent to an activating group) is 1. The van der Waals surface area contributed by atoms with Gasteiger partial charge in [0.25, 0.3) is 0 Å². The number of nitrogens with zero attached hydrogens (tertiary/aromatic N) is 3. The van der Waals surface area contributed by atoms with Gasteiger partial charge in [0, 0.05) is 37.0 Å². The fraction of sp³-hybridized carbons (Fsp3) is 0.750. The van der Waals surface area contributed by atoms with E-state index in [0.717, 1.165) is 37.2 Å². The number of aromatic nitrogens is 1. The molecule has 1 aliphatic heterocycles. The van der Waals surface area contributed by atoms with Crippen molar-refractivity contribution in [2.24, 2.45) is 0 Å². The Morgan fingerprint density at radius 1 is 1.45 bits per heavy atom. The van der Waals surface area contributed by atoms with E-state index in [1.165, 1.54) is 10.6 Å². The van der Waals surface area contributed by atoms with Crippen LogP contribution in [0.25, 0.3) is 0 Å². The van der Waals surface area contributed by atoms with Crippen LogP contribution in [0, 0.1) is 6.92 Å². The van der Waals surface area contributed by atoms with Gasteiger partial charge in [-0.2, -0.15) is 0 Å². The highest BCUT2D eigenvalue weighted by molar-refractivity contribution is 7.11. The van der Waals surface area contributed by atoms with Crippen LogP contribution in [-0.2, 0) is 11.2 Å². The minimum Gasteiger partial charge on any atom is -0.390 e. The van der Waals surface area contributed by atoms with Crippen LogP contribution in [0.1, 0.15) is 47.3 Å². The number of rotatable bonds is 5. The summed E-state index contributed by atoms with van der Waals surface area (Å²) in [6, 6.07) is 0.360. The number of amides is 1. The van der Waals surface area contributed by atoms with Crippen LogP contribution in [-0.4, -0.2) is 58.6 Å². The van der Waals surface area contributed by atoms with Gasteiger partial charge in [0.2, 0.25) is 5.91 Å². The molecule has 0 saturated carbocycles. The molecule has 1 aromatic rings. The van der Waals surface area contributed by atoms with Gasteiger partial charge in [-0.3, -0.25) is 9.69 Å². The number of carbonyl (C=O) groups excluding carboxylic acids is 1. The first-order valence-corrected chi connectivity index (χ1v) is 8.98. The number of aliphatic hydroxyl groups is 1. The summed E-state index contributed by atoms with van der Waals surface area (Å²) in [4.78, 5) is 21.7. The monoisotopic (exact) mass is 323 g/mol. The number of hydrogen-bond donors (Lipinski definition) is 1. The second-order valence-corrected chi connectivity index (χ2v) is 7.72. The summed E-state index contributed by atoms with van der Waals surface area (Å²) in [5.41, 5.74) is 1.25. The molecule has 0 radical (unpaired) electrons. The third-order valence-electron chi connectivity index (χ3n) is 4.66. The molecule has 6 heteroatoms. The van der Waals surface area contributed by atoms with E-state index in [2.05, 4.69) is 23.9 Å². The van der Waals surface area contributed by atoms with Crippen molar-refractivity contribution >= 4 is 17.2 Å². The van der Waals surface area contributed by atoms with Gasteiger partial charge < -0.3 is 10.0 Å². The molecular formula is C16H25N3O2S. The Morgan fingerprint density at radius 2 is 2.27 bits per heavy atom. The van der Waals surface area contributed by atoms with E-state index >= 15 is 0 Å². The minimum atomic E-state index is -0.480. The predicted molar refractivity (Wildman–Crippen MR) is 87.0 cm³/mol. The van der Waals surface area contributed by atoms with Crippen LogP contribution < -0.4 is 0 Å². The van der Waals surface area contributed by atoms with Crippen molar-refractivity contribution in [3.8, 4) is 0 Å². The molecule has 1 fully saturated rings. The molecule has 3 rings (SSSR count). The first kappa shape index (κ1) is 15.9. The Kier molecular flexibility index (Phi) is 4.80. The first-order chi connectivity index (χ1) is 10.5. The topological polar surface area (TPSA) is 56.7 Å². The highest BCUT2D eigenvalue weighted by Crippen LogP contribution is 2.37. The van der Waals surface area contributed by atoms with Crippen molar-refractivity contribution in [2.75, 3.05) is 26.7 Å². The predicted octanol–water partition coefficient (Wildman–Crippen LogP) is 1.74. The van der Waals surface area contributed by atoms with Gasteiger partial charge in [-0.25, -0.2) is 4.98 Å². The number of aryl methyl sites for hydroxylation is 2. The second kappa shape index (κ2) is 6.64. The largest absolute Gasteiger partial charge is 0.390 e. The van der Waals surface area contributed by atoms with E-state index in [1.807, 2.05) is 0 Å². The van der Waals surface area contributed by atoms with E-state index in [9.17, 15) is 9.90 Å². The molecule has 2 unspecified atom stereocenters. The Labute approximate surface area is 135 Å². The molecule has 1 saturated heterocycles. The molecule has 2 atom stereocenters. The summed E-state index contributed by atoms with van der Waals surface area (Å²) in [6.07, 6.45) is 4.44. The van der Waals surface area contributed by atoms with Crippen LogP contribution in [0.3, 0.4) is 0 Å². The summed E-state index contributed by atoms with van der Waals surface area (Å²) >= 11 is 1.79. The molecule has 1 aromatic heterocycles. The van der Waals surface area contributed by atoms with Gasteiger partial charge in [-0.05, 0) is 39.7 Å². The zero-order valence-corrected chi connectivity index (χ0v) is 14.2. The number of fused-ring (bicyclic) bond motifs is 1. The molecule has 0 bridgehead atoms. The smallest absolute Gasteiger partial charge is 0.222 e. The molecule has 1 amide bonds. The second-order valence-electron chi connectivity index (χ2n) is 6.49. The Hall–Kier alpha value is -0.980. The van der Waals surface area contributed by atoms with Gasteiger partial charge in [0.15, 0.2) is 0 Å². The van der Waals surface area contributed by atoms with Crippen LogP contribution in [0.2, 0.25) is 0 Å². The van der Waals surface area contributed by atoms with Crippen LogP contribution in [0.5, 0.6) is 0 Å². The number of carbonyl (C=O) groups is 1.